The summed E-state index contributed by atoms with van der Waals surface area (Å²) in [7, 11) is 0. The maximum absolute atomic E-state index is 13.7. The molecule has 2 aliphatic heterocycles. The van der Waals surface area contributed by atoms with Gasteiger partial charge < -0.3 is 107 Å². The van der Waals surface area contributed by atoms with Crippen molar-refractivity contribution in [1.29, 1.82) is 0 Å². The van der Waals surface area contributed by atoms with Crippen LogP contribution in [0.5, 0.6) is 0 Å². The third kappa shape index (κ3) is 37.5. The Kier molecular flexibility index (Phi) is 45.6. The Labute approximate surface area is 533 Å². The Morgan fingerprint density at radius 1 is 0.451 bits per heavy atom. The highest BCUT2D eigenvalue weighted by molar-refractivity contribution is 5.78. The van der Waals surface area contributed by atoms with Crippen molar-refractivity contribution < 1.29 is 107 Å². The van der Waals surface area contributed by atoms with Crippen LogP contribution < -0.4 is 59.6 Å². The zero-order valence-electron chi connectivity index (χ0n) is 53.3. The molecule has 33 heteroatoms. The Morgan fingerprint density at radius 3 is 1.32 bits per heavy atom. The quantitative estimate of drug-likeness (QED) is 0.0202. The van der Waals surface area contributed by atoms with Gasteiger partial charge in [-0.2, -0.15) is 5.48 Å². The predicted molar refractivity (Wildman–Crippen MR) is 326 cm³/mol. The number of aliphatic hydroxyl groups is 6. The molecule has 0 aromatic rings. The second-order valence-electron chi connectivity index (χ2n) is 22.6. The van der Waals surface area contributed by atoms with Gasteiger partial charge in [-0.3, -0.25) is 48.0 Å². The van der Waals surface area contributed by atoms with Crippen molar-refractivity contribution in [3.05, 3.63) is 0 Å². The lowest BCUT2D eigenvalue weighted by atomic mass is 9.97. The highest BCUT2D eigenvalue weighted by atomic mass is 16.8. The van der Waals surface area contributed by atoms with Gasteiger partial charge in [0.25, 0.3) is 0 Å². The summed E-state index contributed by atoms with van der Waals surface area (Å²) >= 11 is 0. The molecule has 11 atom stereocenters. The summed E-state index contributed by atoms with van der Waals surface area (Å²) < 4.78 is 34.9. The molecular formula is C58H109N11O22. The minimum atomic E-state index is -1.49. The summed E-state index contributed by atoms with van der Waals surface area (Å²) in [5.41, 5.74) is 6.90. The van der Waals surface area contributed by atoms with E-state index in [1.807, 2.05) is 0 Å². The largest absolute Gasteiger partial charge is 0.394 e. The first-order chi connectivity index (χ1) is 43.8. The van der Waals surface area contributed by atoms with Crippen molar-refractivity contribution in [1.82, 2.24) is 48.0 Å². The molecule has 91 heavy (non-hydrogen) atoms. The van der Waals surface area contributed by atoms with Crippen LogP contribution in [0.2, 0.25) is 0 Å². The number of ether oxygens (including phenoxy) is 6. The molecule has 7 unspecified atom stereocenters. The number of unbranched alkanes of at least 4 members (excludes halogenated alkanes) is 10. The number of hydroxylamine groups is 1. The van der Waals surface area contributed by atoms with Crippen molar-refractivity contribution in [2.75, 3.05) is 112 Å². The Bertz CT molecular complexity index is 2050. The third-order valence-corrected chi connectivity index (χ3v) is 14.6. The van der Waals surface area contributed by atoms with Gasteiger partial charge in [-0.1, -0.05) is 51.4 Å². The minimum Gasteiger partial charge on any atom is -0.394 e. The highest BCUT2D eigenvalue weighted by Gasteiger charge is 2.47. The molecule has 2 heterocycles. The third-order valence-electron chi connectivity index (χ3n) is 14.6. The topological polar surface area (TPSA) is 492 Å². The smallest absolute Gasteiger partial charge is 0.248 e. The molecule has 2 fully saturated rings. The maximum atomic E-state index is 13.7. The van der Waals surface area contributed by atoms with E-state index in [-0.39, 0.29) is 147 Å². The summed E-state index contributed by atoms with van der Waals surface area (Å²) in [6, 6.07) is -2.22. The molecule has 0 aromatic heterocycles. The number of hydrogen-bond donors (Lipinski definition) is 17. The van der Waals surface area contributed by atoms with Gasteiger partial charge in [-0.15, -0.1) is 0 Å². The Hall–Kier alpha value is -4.92. The van der Waals surface area contributed by atoms with Gasteiger partial charge in [0.1, 0.15) is 60.9 Å². The summed E-state index contributed by atoms with van der Waals surface area (Å²) in [4.78, 5) is 109. The molecule has 0 bridgehead atoms. The van der Waals surface area contributed by atoms with E-state index < -0.39 is 91.9 Å². The van der Waals surface area contributed by atoms with Gasteiger partial charge in [0.15, 0.2) is 6.29 Å². The Balaban J connectivity index is 1.95. The lowest BCUT2D eigenvalue weighted by Crippen LogP contribution is -2.65. The number of nitrogens with one attached hydrogen (secondary N) is 9. The molecule has 0 spiro atoms. The molecule has 33 nitrogen and oxygen atoms in total. The second kappa shape index (κ2) is 50.6. The van der Waals surface area contributed by atoms with Gasteiger partial charge in [-0.05, 0) is 51.5 Å². The van der Waals surface area contributed by atoms with E-state index in [9.17, 15) is 69.0 Å². The average molecular weight is 1310 g/mol. The van der Waals surface area contributed by atoms with E-state index >= 15 is 0 Å². The standard InChI is InChI=1S/C58H109N11O22/c1-40(72)67-50-54(82)52(80)42(34-70)89-56(50)87-30-14-12-18-44(74)62-26-16-27-63-46(76)21-32-85-38-58(37-84-31-20-45(75)61-25-15-23-59,69-48(78)19-11-9-7-5-3-4-6-8-10-13-24-65-49(79)36-88-60)39-86-33-22-47(77)64-28-17-29-66-91-57-51(68-41(2)73)55(83)53(81)43(35-71)90-57/h42-43,50-57,66,70-71,80-83H,3-39,59-60H2,1-2H3,(H,61,75)(H,62,74)(H,63,76)(H,64,77)(H,65,79)(H,67,72)(H,68,73)(H,69,78)/t42?,43?,50?,51?,52-,53-,54?,55?,56+,57-,58?/m0/s1. The molecule has 0 aliphatic carbocycles. The fraction of sp³-hybridized carbons (Fsp3) is 0.862. The molecule has 0 saturated carbocycles. The first kappa shape index (κ1) is 82.2. The number of carbonyl (C=O) groups excluding carboxylic acids is 8. The number of amides is 8. The van der Waals surface area contributed by atoms with Crippen molar-refractivity contribution >= 4 is 47.3 Å². The van der Waals surface area contributed by atoms with Crippen LogP contribution in [0.4, 0.5) is 0 Å². The molecule has 0 radical (unpaired) electrons. The second-order valence-corrected chi connectivity index (χ2v) is 22.6. The lowest BCUT2D eigenvalue weighted by Gasteiger charge is -2.42. The minimum absolute atomic E-state index is 0.0142. The summed E-state index contributed by atoms with van der Waals surface area (Å²) in [6.07, 6.45) is 1.48. The van der Waals surface area contributed by atoms with Gasteiger partial charge in [0.05, 0.1) is 52.9 Å². The average Bonchev–Trinajstić information content (AvgIpc) is 1.01. The van der Waals surface area contributed by atoms with Crippen molar-refractivity contribution in [2.24, 2.45) is 11.6 Å². The van der Waals surface area contributed by atoms with Crippen molar-refractivity contribution in [2.45, 2.75) is 209 Å². The molecule has 8 amide bonds. The van der Waals surface area contributed by atoms with E-state index in [4.69, 9.17) is 44.9 Å². The fourth-order valence-corrected chi connectivity index (χ4v) is 9.60. The molecular weight excluding hydrogens is 1200 g/mol. The maximum Gasteiger partial charge on any atom is 0.248 e. The lowest BCUT2D eigenvalue weighted by molar-refractivity contribution is -0.286. The van der Waals surface area contributed by atoms with Crippen LogP contribution in [-0.2, 0) is 76.5 Å². The molecule has 2 rings (SSSR count). The highest BCUT2D eigenvalue weighted by Crippen LogP contribution is 2.24. The van der Waals surface area contributed by atoms with Crippen LogP contribution in [0, 0.1) is 0 Å². The fourth-order valence-electron chi connectivity index (χ4n) is 9.60. The van der Waals surface area contributed by atoms with Gasteiger partial charge in [0.2, 0.25) is 53.5 Å². The van der Waals surface area contributed by atoms with Crippen LogP contribution in [-0.4, -0.2) is 257 Å². The van der Waals surface area contributed by atoms with E-state index in [0.717, 1.165) is 57.8 Å². The number of rotatable bonds is 54. The molecule has 19 N–H and O–H groups in total. The zero-order valence-corrected chi connectivity index (χ0v) is 53.3. The normalized spacial score (nSPS) is 22.0. The number of hydrogen-bond acceptors (Lipinski definition) is 25. The first-order valence-corrected chi connectivity index (χ1v) is 32.0. The Morgan fingerprint density at radius 2 is 0.846 bits per heavy atom. The van der Waals surface area contributed by atoms with Crippen LogP contribution in [0.1, 0.15) is 142 Å². The molecule has 2 saturated heterocycles. The zero-order chi connectivity index (χ0) is 67.1. The van der Waals surface area contributed by atoms with Gasteiger partial charge in [0, 0.05) is 91.8 Å². The SMILES string of the molecule is CC(=O)NC1C(O)[C@@H](O)C(CO)O[C@H]1OCCCCC(=O)NCCCNC(=O)CCOCC(COCCC(=O)NCCCN)(COCCC(=O)NCCCNO[C@@H]1OC(CO)[C@H](O)C(O)C1NC(C)=O)NC(=O)CCCCCCCCCCCCNC(=O)CON. The van der Waals surface area contributed by atoms with Crippen LogP contribution in [0.3, 0.4) is 0 Å². The van der Waals surface area contributed by atoms with Crippen LogP contribution >= 0.6 is 0 Å². The van der Waals surface area contributed by atoms with E-state index in [1.165, 1.54) is 13.8 Å². The number of nitrogens with two attached hydrogens (primary N) is 2. The van der Waals surface area contributed by atoms with Crippen molar-refractivity contribution in [3.8, 4) is 0 Å². The molecule has 0 aromatic carbocycles. The van der Waals surface area contributed by atoms with E-state index in [0.29, 0.717) is 58.2 Å². The van der Waals surface area contributed by atoms with Gasteiger partial charge in [-0.25, -0.2) is 5.90 Å². The monoisotopic (exact) mass is 1310 g/mol. The summed E-state index contributed by atoms with van der Waals surface area (Å²) in [5.74, 6) is 2.23. The van der Waals surface area contributed by atoms with E-state index in [2.05, 4.69) is 52.9 Å². The van der Waals surface area contributed by atoms with Gasteiger partial charge >= 0.3 is 0 Å². The van der Waals surface area contributed by atoms with E-state index in [1.54, 1.807) is 0 Å². The van der Waals surface area contributed by atoms with Crippen LogP contribution in [0.15, 0.2) is 0 Å². The first-order valence-electron chi connectivity index (χ1n) is 32.0. The summed E-state index contributed by atoms with van der Waals surface area (Å²) in [5, 5.41) is 82.4. The predicted octanol–water partition coefficient (Wildman–Crippen LogP) is -4.45. The van der Waals surface area contributed by atoms with Crippen LogP contribution in [0.25, 0.3) is 0 Å². The number of aliphatic hydroxyl groups excluding tert-OH is 6. The summed E-state index contributed by atoms with van der Waals surface area (Å²) in [6.45, 7) is 2.84. The molecule has 528 valence electrons. The molecule has 2 aliphatic rings. The number of carbonyl (C=O) groups is 8. The van der Waals surface area contributed by atoms with Crippen molar-refractivity contribution in [3.63, 3.8) is 0 Å².